The highest BCUT2D eigenvalue weighted by atomic mass is 19.1. The Hall–Kier alpha value is -1.45. The van der Waals surface area contributed by atoms with Crippen LogP contribution in [0.25, 0.3) is 0 Å². The van der Waals surface area contributed by atoms with Crippen molar-refractivity contribution in [2.75, 3.05) is 0 Å². The van der Waals surface area contributed by atoms with Crippen molar-refractivity contribution in [2.24, 2.45) is 0 Å². The van der Waals surface area contributed by atoms with Crippen LogP contribution in [0, 0.1) is 5.82 Å². The van der Waals surface area contributed by atoms with Crippen LogP contribution < -0.4 is 0 Å². The van der Waals surface area contributed by atoms with Crippen molar-refractivity contribution in [1.82, 2.24) is 0 Å². The highest BCUT2D eigenvalue weighted by Gasteiger charge is 2.35. The maximum Gasteiger partial charge on any atom is 0.338 e. The highest BCUT2D eigenvalue weighted by molar-refractivity contribution is 5.74. The van der Waals surface area contributed by atoms with Gasteiger partial charge in [-0.3, -0.25) is 0 Å². The number of hydrogen-bond donors (Lipinski definition) is 1. The molecule has 0 aromatic heterocycles. The zero-order chi connectivity index (χ0) is 11.0. The lowest BCUT2D eigenvalue weighted by Gasteiger charge is -2.12. The zero-order valence-electron chi connectivity index (χ0n) is 7.91. The second kappa shape index (κ2) is 3.61. The molecule has 0 saturated heterocycles. The minimum Gasteiger partial charge on any atom is -0.479 e. The Morgan fingerprint density at radius 2 is 2.27 bits per heavy atom. The molecule has 0 aliphatic heterocycles. The Bertz CT molecular complexity index is 404. The van der Waals surface area contributed by atoms with Gasteiger partial charge in [-0.05, 0) is 30.0 Å². The van der Waals surface area contributed by atoms with E-state index in [9.17, 15) is 13.6 Å². The van der Waals surface area contributed by atoms with Crippen LogP contribution in [0.15, 0.2) is 18.2 Å². The van der Waals surface area contributed by atoms with Crippen LogP contribution in [0.5, 0.6) is 0 Å². The Balaban J connectivity index is 2.37. The Morgan fingerprint density at radius 3 is 2.93 bits per heavy atom. The van der Waals surface area contributed by atoms with Gasteiger partial charge >= 0.3 is 5.97 Å². The molecule has 1 N–H and O–H groups in total. The molecule has 1 aliphatic carbocycles. The molecule has 0 bridgehead atoms. The summed E-state index contributed by atoms with van der Waals surface area (Å²) in [6.45, 7) is 0. The summed E-state index contributed by atoms with van der Waals surface area (Å²) in [5, 5.41) is 8.57. The van der Waals surface area contributed by atoms with Crippen molar-refractivity contribution >= 4 is 5.97 Å². The summed E-state index contributed by atoms with van der Waals surface area (Å²) >= 11 is 0. The summed E-state index contributed by atoms with van der Waals surface area (Å²) in [6, 6.07) is 4.40. The average molecular weight is 212 g/mol. The molecule has 80 valence electrons. The number of rotatable bonds is 2. The minimum absolute atomic E-state index is 0.365. The van der Waals surface area contributed by atoms with Gasteiger partial charge in [0.05, 0.1) is 0 Å². The van der Waals surface area contributed by atoms with E-state index >= 15 is 0 Å². The fraction of sp³-hybridized carbons (Fsp3) is 0.364. The standard InChI is InChI=1S/C11H10F2O2/c12-9-3-1-2-6-7(9)4-5-8(6)10(13)11(14)15/h1-3,8,10H,4-5H2,(H,14,15). The van der Waals surface area contributed by atoms with Crippen molar-refractivity contribution in [2.45, 2.75) is 24.9 Å². The van der Waals surface area contributed by atoms with Crippen LogP contribution >= 0.6 is 0 Å². The topological polar surface area (TPSA) is 37.3 Å². The fourth-order valence-electron chi connectivity index (χ4n) is 2.12. The molecule has 2 atom stereocenters. The van der Waals surface area contributed by atoms with E-state index in [0.29, 0.717) is 24.0 Å². The second-order valence-electron chi connectivity index (χ2n) is 3.69. The largest absolute Gasteiger partial charge is 0.479 e. The third-order valence-corrected chi connectivity index (χ3v) is 2.85. The van der Waals surface area contributed by atoms with Crippen LogP contribution in [0.2, 0.25) is 0 Å². The van der Waals surface area contributed by atoms with Crippen LogP contribution in [0.4, 0.5) is 8.78 Å². The molecule has 0 saturated carbocycles. The Kier molecular flexibility index (Phi) is 2.42. The number of aliphatic carboxylic acids is 1. The summed E-state index contributed by atoms with van der Waals surface area (Å²) in [4.78, 5) is 10.5. The molecule has 4 heteroatoms. The fourth-order valence-corrected chi connectivity index (χ4v) is 2.12. The molecule has 2 rings (SSSR count). The molecule has 0 heterocycles. The monoisotopic (exact) mass is 212 g/mol. The predicted molar refractivity (Wildman–Crippen MR) is 50.0 cm³/mol. The van der Waals surface area contributed by atoms with Crippen LogP contribution in [0.1, 0.15) is 23.5 Å². The Labute approximate surface area is 85.5 Å². The lowest BCUT2D eigenvalue weighted by atomic mass is 9.96. The van der Waals surface area contributed by atoms with Crippen molar-refractivity contribution in [3.05, 3.63) is 35.1 Å². The maximum atomic E-state index is 13.3. The van der Waals surface area contributed by atoms with Gasteiger partial charge in [0.25, 0.3) is 0 Å². The van der Waals surface area contributed by atoms with Gasteiger partial charge in [0, 0.05) is 5.92 Å². The third kappa shape index (κ3) is 1.60. The van der Waals surface area contributed by atoms with E-state index in [1.54, 1.807) is 6.07 Å². The van der Waals surface area contributed by atoms with Crippen molar-refractivity contribution in [1.29, 1.82) is 0 Å². The highest BCUT2D eigenvalue weighted by Crippen LogP contribution is 2.37. The summed E-state index contributed by atoms with van der Waals surface area (Å²) in [7, 11) is 0. The van der Waals surface area contributed by atoms with Crippen molar-refractivity contribution < 1.29 is 18.7 Å². The summed E-state index contributed by atoms with van der Waals surface area (Å²) in [5.74, 6) is -2.54. The zero-order valence-corrected chi connectivity index (χ0v) is 7.91. The van der Waals surface area contributed by atoms with Gasteiger partial charge in [0.1, 0.15) is 5.82 Å². The molecule has 15 heavy (non-hydrogen) atoms. The molecular weight excluding hydrogens is 202 g/mol. The van der Waals surface area contributed by atoms with E-state index in [2.05, 4.69) is 0 Å². The van der Waals surface area contributed by atoms with Gasteiger partial charge in [0.2, 0.25) is 6.17 Å². The van der Waals surface area contributed by atoms with Gasteiger partial charge in [-0.1, -0.05) is 12.1 Å². The number of halogens is 2. The Morgan fingerprint density at radius 1 is 1.53 bits per heavy atom. The first-order valence-electron chi connectivity index (χ1n) is 4.75. The summed E-state index contributed by atoms with van der Waals surface area (Å²) in [6.07, 6.45) is -1.16. The molecular formula is C11H10F2O2. The average Bonchev–Trinajstić information content (AvgIpc) is 2.61. The number of carboxylic acid groups (broad SMARTS) is 1. The van der Waals surface area contributed by atoms with E-state index in [4.69, 9.17) is 5.11 Å². The van der Waals surface area contributed by atoms with Gasteiger partial charge in [-0.2, -0.15) is 0 Å². The van der Waals surface area contributed by atoms with E-state index in [0.717, 1.165) is 0 Å². The number of alkyl halides is 1. The van der Waals surface area contributed by atoms with Gasteiger partial charge in [-0.25, -0.2) is 13.6 Å². The number of fused-ring (bicyclic) bond motifs is 1. The lowest BCUT2D eigenvalue weighted by molar-refractivity contribution is -0.143. The summed E-state index contributed by atoms with van der Waals surface area (Å²) in [5.41, 5.74) is 0.969. The summed E-state index contributed by atoms with van der Waals surface area (Å²) < 4.78 is 26.6. The molecule has 1 aliphatic rings. The molecule has 0 radical (unpaired) electrons. The molecule has 0 amide bonds. The van der Waals surface area contributed by atoms with E-state index in [1.807, 2.05) is 0 Å². The van der Waals surface area contributed by atoms with Crippen molar-refractivity contribution in [3.8, 4) is 0 Å². The smallest absolute Gasteiger partial charge is 0.338 e. The first-order chi connectivity index (χ1) is 7.11. The molecule has 2 unspecified atom stereocenters. The van der Waals surface area contributed by atoms with E-state index in [-0.39, 0.29) is 5.82 Å². The lowest BCUT2D eigenvalue weighted by Crippen LogP contribution is -2.21. The second-order valence-corrected chi connectivity index (χ2v) is 3.69. The number of benzene rings is 1. The minimum atomic E-state index is -1.94. The number of hydrogen-bond acceptors (Lipinski definition) is 1. The van der Waals surface area contributed by atoms with Crippen molar-refractivity contribution in [3.63, 3.8) is 0 Å². The van der Waals surface area contributed by atoms with E-state index < -0.39 is 18.1 Å². The molecule has 0 spiro atoms. The first kappa shape index (κ1) is 10.1. The quantitative estimate of drug-likeness (QED) is 0.816. The van der Waals surface area contributed by atoms with Crippen LogP contribution in [-0.4, -0.2) is 17.2 Å². The van der Waals surface area contributed by atoms with Crippen LogP contribution in [0.3, 0.4) is 0 Å². The van der Waals surface area contributed by atoms with E-state index in [1.165, 1.54) is 12.1 Å². The van der Waals surface area contributed by atoms with Gasteiger partial charge in [-0.15, -0.1) is 0 Å². The predicted octanol–water partition coefficient (Wildman–Crippen LogP) is 2.28. The molecule has 1 aromatic rings. The number of carbonyl (C=O) groups is 1. The molecule has 0 fully saturated rings. The first-order valence-corrected chi connectivity index (χ1v) is 4.75. The SMILES string of the molecule is O=C(O)C(F)C1CCc2c(F)cccc21. The molecule has 2 nitrogen and oxygen atoms in total. The van der Waals surface area contributed by atoms with Crippen LogP contribution in [-0.2, 0) is 11.2 Å². The normalized spacial score (nSPS) is 21.1. The third-order valence-electron chi connectivity index (χ3n) is 2.85. The number of carboxylic acids is 1. The van der Waals surface area contributed by atoms with Gasteiger partial charge in [0.15, 0.2) is 0 Å². The molecule has 1 aromatic carbocycles. The van der Waals surface area contributed by atoms with Gasteiger partial charge < -0.3 is 5.11 Å². The maximum absolute atomic E-state index is 13.3.